The van der Waals surface area contributed by atoms with Gasteiger partial charge in [-0.1, -0.05) is 13.0 Å². The van der Waals surface area contributed by atoms with Crippen molar-refractivity contribution in [3.8, 4) is 0 Å². The van der Waals surface area contributed by atoms with Gasteiger partial charge in [-0.2, -0.15) is 0 Å². The molecule has 0 aromatic carbocycles. The number of likely N-dealkylation sites (tertiary alicyclic amines) is 2. The molecule has 27 heavy (non-hydrogen) atoms. The molecule has 0 radical (unpaired) electrons. The Bertz CT molecular complexity index is 920. The zero-order chi connectivity index (χ0) is 19.0. The van der Waals surface area contributed by atoms with Crippen molar-refractivity contribution in [2.45, 2.75) is 46.1 Å². The van der Waals surface area contributed by atoms with Gasteiger partial charge in [0.25, 0.3) is 5.56 Å². The molecule has 2 aromatic heterocycles. The van der Waals surface area contributed by atoms with E-state index < -0.39 is 0 Å². The van der Waals surface area contributed by atoms with E-state index in [0.29, 0.717) is 18.1 Å². The van der Waals surface area contributed by atoms with Crippen LogP contribution in [0.2, 0.25) is 0 Å². The summed E-state index contributed by atoms with van der Waals surface area (Å²) in [5, 5.41) is 0. The van der Waals surface area contributed by atoms with Crippen LogP contribution in [0.25, 0.3) is 5.65 Å². The number of aromatic nitrogens is 2. The summed E-state index contributed by atoms with van der Waals surface area (Å²) < 4.78 is 1.64. The molecule has 0 N–H and O–H groups in total. The fraction of sp³-hybridized carbons (Fsp3) is 0.571. The molecular weight excluding hydrogens is 340 g/mol. The second-order valence-corrected chi connectivity index (χ2v) is 8.08. The van der Waals surface area contributed by atoms with Crippen LogP contribution in [-0.4, -0.2) is 51.3 Å². The van der Waals surface area contributed by atoms with Crippen molar-refractivity contribution in [3.05, 3.63) is 46.0 Å². The van der Waals surface area contributed by atoms with Crippen molar-refractivity contribution in [2.75, 3.05) is 26.2 Å². The molecule has 144 valence electrons. The predicted octanol–water partition coefficient (Wildman–Crippen LogP) is 2.23. The van der Waals surface area contributed by atoms with Gasteiger partial charge in [0.2, 0.25) is 5.91 Å². The van der Waals surface area contributed by atoms with E-state index in [0.717, 1.165) is 63.3 Å². The van der Waals surface area contributed by atoms with E-state index >= 15 is 0 Å². The van der Waals surface area contributed by atoms with Crippen LogP contribution in [-0.2, 0) is 11.3 Å². The lowest BCUT2D eigenvalue weighted by Crippen LogP contribution is -2.50. The summed E-state index contributed by atoms with van der Waals surface area (Å²) in [6.07, 6.45) is 4.00. The van der Waals surface area contributed by atoms with Crippen molar-refractivity contribution >= 4 is 11.6 Å². The number of piperidine rings is 1. The Morgan fingerprint density at radius 1 is 1.19 bits per heavy atom. The molecule has 6 heteroatoms. The first-order valence-electron chi connectivity index (χ1n) is 10.0. The van der Waals surface area contributed by atoms with Crippen molar-refractivity contribution in [1.29, 1.82) is 0 Å². The third-order valence-corrected chi connectivity index (χ3v) is 6.07. The van der Waals surface area contributed by atoms with Crippen LogP contribution in [0.15, 0.2) is 29.1 Å². The Balaban J connectivity index is 1.53. The number of rotatable bonds is 4. The van der Waals surface area contributed by atoms with Crippen LogP contribution in [0.3, 0.4) is 0 Å². The Morgan fingerprint density at radius 2 is 2.04 bits per heavy atom. The molecule has 0 aliphatic carbocycles. The van der Waals surface area contributed by atoms with Gasteiger partial charge in [0.05, 0.1) is 11.1 Å². The molecule has 2 saturated heterocycles. The molecule has 0 unspecified atom stereocenters. The Morgan fingerprint density at radius 3 is 2.85 bits per heavy atom. The van der Waals surface area contributed by atoms with Gasteiger partial charge in [-0.3, -0.25) is 18.9 Å². The highest BCUT2D eigenvalue weighted by Crippen LogP contribution is 2.40. The van der Waals surface area contributed by atoms with E-state index in [1.807, 2.05) is 25.1 Å². The highest BCUT2D eigenvalue weighted by Gasteiger charge is 2.47. The first kappa shape index (κ1) is 18.2. The SMILES string of the molecule is CCCN1CCC[C@]2(CCN(Cc3cc(=O)n4c(C)cccc4n3)C2)C1=O. The maximum Gasteiger partial charge on any atom is 0.258 e. The normalized spacial score (nSPS) is 23.6. The third-order valence-electron chi connectivity index (χ3n) is 6.07. The zero-order valence-corrected chi connectivity index (χ0v) is 16.3. The highest BCUT2D eigenvalue weighted by atomic mass is 16.2. The molecule has 0 bridgehead atoms. The van der Waals surface area contributed by atoms with Crippen molar-refractivity contribution in [1.82, 2.24) is 19.2 Å². The van der Waals surface area contributed by atoms with Crippen molar-refractivity contribution < 1.29 is 4.79 Å². The zero-order valence-electron chi connectivity index (χ0n) is 16.3. The van der Waals surface area contributed by atoms with Crippen molar-refractivity contribution in [2.24, 2.45) is 5.41 Å². The molecule has 4 heterocycles. The van der Waals surface area contributed by atoms with E-state index in [9.17, 15) is 9.59 Å². The minimum atomic E-state index is -0.226. The van der Waals surface area contributed by atoms with Gasteiger partial charge < -0.3 is 4.90 Å². The number of fused-ring (bicyclic) bond motifs is 1. The lowest BCUT2D eigenvalue weighted by molar-refractivity contribution is -0.145. The largest absolute Gasteiger partial charge is 0.342 e. The maximum atomic E-state index is 13.0. The molecule has 2 aromatic rings. The molecule has 1 spiro atoms. The van der Waals surface area contributed by atoms with Gasteiger partial charge in [0.15, 0.2) is 0 Å². The van der Waals surface area contributed by atoms with E-state index in [2.05, 4.69) is 21.7 Å². The Labute approximate surface area is 159 Å². The second-order valence-electron chi connectivity index (χ2n) is 8.08. The Hall–Kier alpha value is -2.21. The van der Waals surface area contributed by atoms with Crippen molar-refractivity contribution in [3.63, 3.8) is 0 Å². The first-order valence-corrected chi connectivity index (χ1v) is 10.0. The number of amides is 1. The number of carbonyl (C=O) groups is 1. The lowest BCUT2D eigenvalue weighted by atomic mass is 9.78. The van der Waals surface area contributed by atoms with E-state index in [1.165, 1.54) is 0 Å². The number of nitrogens with zero attached hydrogens (tertiary/aromatic N) is 4. The summed E-state index contributed by atoms with van der Waals surface area (Å²) in [4.78, 5) is 34.6. The smallest absolute Gasteiger partial charge is 0.258 e. The molecule has 0 saturated carbocycles. The molecule has 2 aliphatic rings. The van der Waals surface area contributed by atoms with Crippen LogP contribution in [0.4, 0.5) is 0 Å². The predicted molar refractivity (Wildman–Crippen MR) is 105 cm³/mol. The minimum absolute atomic E-state index is 0.0372. The molecule has 2 fully saturated rings. The van der Waals surface area contributed by atoms with Gasteiger partial charge in [-0.15, -0.1) is 0 Å². The van der Waals surface area contributed by atoms with Gasteiger partial charge >= 0.3 is 0 Å². The number of carbonyl (C=O) groups excluding carboxylic acids is 1. The van der Waals surface area contributed by atoms with Crippen LogP contribution in [0, 0.1) is 12.3 Å². The first-order chi connectivity index (χ1) is 13.0. The molecule has 4 rings (SSSR count). The fourth-order valence-corrected chi connectivity index (χ4v) is 4.78. The van der Waals surface area contributed by atoms with Gasteiger partial charge in [0, 0.05) is 37.9 Å². The summed E-state index contributed by atoms with van der Waals surface area (Å²) in [5.74, 6) is 0.334. The summed E-state index contributed by atoms with van der Waals surface area (Å²) >= 11 is 0. The quantitative estimate of drug-likeness (QED) is 0.830. The summed E-state index contributed by atoms with van der Waals surface area (Å²) in [6, 6.07) is 7.35. The third kappa shape index (κ3) is 3.27. The highest BCUT2D eigenvalue weighted by molar-refractivity contribution is 5.84. The summed E-state index contributed by atoms with van der Waals surface area (Å²) in [5.41, 5.74) is 2.10. The minimum Gasteiger partial charge on any atom is -0.342 e. The number of hydrogen-bond donors (Lipinski definition) is 0. The maximum absolute atomic E-state index is 13.0. The van der Waals surface area contributed by atoms with Gasteiger partial charge in [0.1, 0.15) is 5.65 Å². The van der Waals surface area contributed by atoms with E-state index in [1.54, 1.807) is 10.5 Å². The standard InChI is InChI=1S/C21H28N4O2/c1-3-10-24-11-5-8-21(20(24)27)9-12-23(15-21)14-17-13-19(26)25-16(2)6-4-7-18(25)22-17/h4,6-7,13H,3,5,8-12,14-15H2,1-2H3/t21-/m1/s1. The topological polar surface area (TPSA) is 57.9 Å². The molecule has 1 atom stereocenters. The average Bonchev–Trinajstić information content (AvgIpc) is 3.02. The van der Waals surface area contributed by atoms with Crippen LogP contribution >= 0.6 is 0 Å². The van der Waals surface area contributed by atoms with Crippen LogP contribution < -0.4 is 5.56 Å². The fourth-order valence-electron chi connectivity index (χ4n) is 4.78. The molecule has 2 aliphatic heterocycles. The molecule has 6 nitrogen and oxygen atoms in total. The van der Waals surface area contributed by atoms with Gasteiger partial charge in [-0.25, -0.2) is 4.98 Å². The number of aryl methyl sites for hydroxylation is 1. The summed E-state index contributed by atoms with van der Waals surface area (Å²) in [6.45, 7) is 8.10. The number of pyridine rings is 1. The van der Waals surface area contributed by atoms with Gasteiger partial charge in [-0.05, 0) is 51.3 Å². The molecular formula is C21H28N4O2. The van der Waals surface area contributed by atoms with E-state index in [4.69, 9.17) is 0 Å². The average molecular weight is 368 g/mol. The number of hydrogen-bond acceptors (Lipinski definition) is 4. The van der Waals surface area contributed by atoms with Crippen LogP contribution in [0.1, 0.15) is 44.0 Å². The van der Waals surface area contributed by atoms with E-state index in [-0.39, 0.29) is 11.0 Å². The second kappa shape index (κ2) is 7.08. The monoisotopic (exact) mass is 368 g/mol. The lowest BCUT2D eigenvalue weighted by Gasteiger charge is -2.39. The Kier molecular flexibility index (Phi) is 4.76. The summed E-state index contributed by atoms with van der Waals surface area (Å²) in [7, 11) is 0. The van der Waals surface area contributed by atoms with Crippen LogP contribution in [0.5, 0.6) is 0 Å². The molecule has 1 amide bonds.